The average Bonchev–Trinajstić information content (AvgIpc) is 2.77. The zero-order valence-corrected chi connectivity index (χ0v) is 11.3. The molecule has 4 nitrogen and oxygen atoms in total. The van der Waals surface area contributed by atoms with Crippen LogP contribution in [0, 0.1) is 0 Å². The highest BCUT2D eigenvalue weighted by atomic mass is 16.3. The molecule has 0 aromatic carbocycles. The van der Waals surface area contributed by atoms with E-state index in [4.69, 9.17) is 0 Å². The van der Waals surface area contributed by atoms with E-state index in [1.165, 1.54) is 0 Å². The molecule has 0 saturated carbocycles. The van der Waals surface area contributed by atoms with Gasteiger partial charge in [-0.15, -0.1) is 0 Å². The van der Waals surface area contributed by atoms with Gasteiger partial charge in [0.2, 0.25) is 0 Å². The summed E-state index contributed by atoms with van der Waals surface area (Å²) in [5, 5.41) is 9.62. The number of fused-ring (bicyclic) bond motifs is 1. The number of rotatable bonds is 5. The average molecular weight is 247 g/mol. The summed E-state index contributed by atoms with van der Waals surface area (Å²) in [7, 11) is 0. The van der Waals surface area contributed by atoms with E-state index < -0.39 is 0 Å². The van der Waals surface area contributed by atoms with E-state index in [1.54, 1.807) is 0 Å². The van der Waals surface area contributed by atoms with Gasteiger partial charge in [0, 0.05) is 18.8 Å². The summed E-state index contributed by atoms with van der Waals surface area (Å²) in [5.41, 5.74) is 1.76. The summed E-state index contributed by atoms with van der Waals surface area (Å²) in [4.78, 5) is 6.90. The molecule has 0 fully saturated rings. The summed E-state index contributed by atoms with van der Waals surface area (Å²) >= 11 is 0. The molecular weight excluding hydrogens is 226 g/mol. The minimum absolute atomic E-state index is 0.00739. The summed E-state index contributed by atoms with van der Waals surface area (Å²) in [6.45, 7) is 7.38. The molecule has 2 heterocycles. The number of hydrogen-bond donors (Lipinski definition) is 1. The second-order valence-corrected chi connectivity index (χ2v) is 4.51. The first-order chi connectivity index (χ1) is 8.72. The van der Waals surface area contributed by atoms with Crippen molar-refractivity contribution in [2.45, 2.75) is 39.8 Å². The second-order valence-electron chi connectivity index (χ2n) is 4.51. The molecule has 2 aromatic rings. The number of aliphatic hydroxyl groups is 1. The van der Waals surface area contributed by atoms with E-state index in [-0.39, 0.29) is 6.61 Å². The van der Waals surface area contributed by atoms with Crippen LogP contribution in [0.3, 0.4) is 0 Å². The predicted molar refractivity (Wildman–Crippen MR) is 73.9 cm³/mol. The van der Waals surface area contributed by atoms with Crippen LogP contribution in [-0.2, 0) is 6.61 Å². The van der Waals surface area contributed by atoms with Crippen molar-refractivity contribution in [2.24, 2.45) is 0 Å². The van der Waals surface area contributed by atoms with Gasteiger partial charge < -0.3 is 10.0 Å². The fraction of sp³-hybridized carbons (Fsp3) is 0.500. The molecule has 0 aliphatic carbocycles. The second kappa shape index (κ2) is 5.40. The topological polar surface area (TPSA) is 40.8 Å². The van der Waals surface area contributed by atoms with Gasteiger partial charge in [0.05, 0.1) is 12.3 Å². The summed E-state index contributed by atoms with van der Waals surface area (Å²) < 4.78 is 1.96. The molecule has 0 bridgehead atoms. The van der Waals surface area contributed by atoms with Gasteiger partial charge in [-0.2, -0.15) is 0 Å². The van der Waals surface area contributed by atoms with Gasteiger partial charge in [0.25, 0.3) is 0 Å². The Morgan fingerprint density at radius 1 is 1.39 bits per heavy atom. The van der Waals surface area contributed by atoms with Crippen molar-refractivity contribution in [2.75, 3.05) is 11.4 Å². The SMILES string of the molecule is CCC(C)N(CC)c1nc2ccccn2c1CO. The molecule has 0 amide bonds. The van der Waals surface area contributed by atoms with Gasteiger partial charge in [-0.25, -0.2) is 4.98 Å². The number of anilines is 1. The van der Waals surface area contributed by atoms with Crippen LogP contribution in [0.25, 0.3) is 5.65 Å². The Morgan fingerprint density at radius 2 is 2.17 bits per heavy atom. The van der Waals surface area contributed by atoms with E-state index in [9.17, 15) is 5.11 Å². The first-order valence-electron chi connectivity index (χ1n) is 6.56. The molecule has 1 atom stereocenters. The molecule has 0 aliphatic rings. The Balaban J connectivity index is 2.55. The Hall–Kier alpha value is -1.55. The molecule has 0 saturated heterocycles. The van der Waals surface area contributed by atoms with Crippen LogP contribution in [0.2, 0.25) is 0 Å². The Kier molecular flexibility index (Phi) is 3.87. The van der Waals surface area contributed by atoms with Crippen LogP contribution < -0.4 is 4.90 Å². The minimum atomic E-state index is 0.00739. The Labute approximate surface area is 108 Å². The van der Waals surface area contributed by atoms with Gasteiger partial charge in [0.1, 0.15) is 5.65 Å². The lowest BCUT2D eigenvalue weighted by Gasteiger charge is -2.28. The highest BCUT2D eigenvalue weighted by Gasteiger charge is 2.19. The lowest BCUT2D eigenvalue weighted by atomic mass is 10.2. The summed E-state index contributed by atoms with van der Waals surface area (Å²) in [6, 6.07) is 6.31. The van der Waals surface area contributed by atoms with E-state index in [0.29, 0.717) is 6.04 Å². The maximum atomic E-state index is 9.62. The van der Waals surface area contributed by atoms with E-state index >= 15 is 0 Å². The molecule has 18 heavy (non-hydrogen) atoms. The quantitative estimate of drug-likeness (QED) is 0.882. The number of aromatic nitrogens is 2. The zero-order chi connectivity index (χ0) is 13.1. The first-order valence-corrected chi connectivity index (χ1v) is 6.56. The van der Waals surface area contributed by atoms with Crippen LogP contribution in [0.15, 0.2) is 24.4 Å². The monoisotopic (exact) mass is 247 g/mol. The Bertz CT molecular complexity index is 521. The molecule has 0 aliphatic heterocycles. The van der Waals surface area contributed by atoms with Crippen LogP contribution in [-0.4, -0.2) is 27.1 Å². The number of nitrogens with zero attached hydrogens (tertiary/aromatic N) is 3. The van der Waals surface area contributed by atoms with Crippen molar-refractivity contribution in [3.8, 4) is 0 Å². The van der Waals surface area contributed by atoms with Gasteiger partial charge in [-0.1, -0.05) is 13.0 Å². The largest absolute Gasteiger partial charge is 0.390 e. The molecule has 2 rings (SSSR count). The summed E-state index contributed by atoms with van der Waals surface area (Å²) in [5.74, 6) is 0.903. The fourth-order valence-electron chi connectivity index (χ4n) is 2.30. The third-order valence-electron chi connectivity index (χ3n) is 3.49. The number of hydrogen-bond acceptors (Lipinski definition) is 3. The van der Waals surface area contributed by atoms with Crippen LogP contribution in [0.5, 0.6) is 0 Å². The molecular formula is C14H21N3O. The smallest absolute Gasteiger partial charge is 0.153 e. The lowest BCUT2D eigenvalue weighted by molar-refractivity contribution is 0.276. The highest BCUT2D eigenvalue weighted by Crippen LogP contribution is 2.24. The van der Waals surface area contributed by atoms with Crippen molar-refractivity contribution >= 4 is 11.5 Å². The molecule has 2 aromatic heterocycles. The lowest BCUT2D eigenvalue weighted by Crippen LogP contribution is -2.33. The Morgan fingerprint density at radius 3 is 2.78 bits per heavy atom. The molecule has 1 unspecified atom stereocenters. The first kappa shape index (κ1) is 12.9. The van der Waals surface area contributed by atoms with Crippen molar-refractivity contribution in [3.63, 3.8) is 0 Å². The van der Waals surface area contributed by atoms with Crippen molar-refractivity contribution < 1.29 is 5.11 Å². The highest BCUT2D eigenvalue weighted by molar-refractivity contribution is 5.56. The minimum Gasteiger partial charge on any atom is -0.390 e. The van der Waals surface area contributed by atoms with E-state index in [1.807, 2.05) is 28.8 Å². The van der Waals surface area contributed by atoms with Crippen molar-refractivity contribution in [3.05, 3.63) is 30.1 Å². The van der Waals surface area contributed by atoms with Crippen molar-refractivity contribution in [1.29, 1.82) is 0 Å². The maximum Gasteiger partial charge on any atom is 0.153 e. The third kappa shape index (κ3) is 2.08. The van der Waals surface area contributed by atoms with Gasteiger partial charge in [-0.05, 0) is 32.4 Å². The number of aliphatic hydroxyl groups excluding tert-OH is 1. The molecule has 98 valence electrons. The molecule has 0 radical (unpaired) electrons. The molecule has 0 spiro atoms. The van der Waals surface area contributed by atoms with Gasteiger partial charge in [-0.3, -0.25) is 4.40 Å². The van der Waals surface area contributed by atoms with Crippen LogP contribution in [0.1, 0.15) is 32.9 Å². The molecule has 4 heteroatoms. The van der Waals surface area contributed by atoms with Crippen LogP contribution in [0.4, 0.5) is 5.82 Å². The van der Waals surface area contributed by atoms with Crippen molar-refractivity contribution in [1.82, 2.24) is 9.38 Å². The predicted octanol–water partition coefficient (Wildman–Crippen LogP) is 2.45. The fourth-order valence-corrected chi connectivity index (χ4v) is 2.30. The normalized spacial score (nSPS) is 12.9. The van der Waals surface area contributed by atoms with E-state index in [2.05, 4.69) is 30.7 Å². The standard InChI is InChI=1S/C14H21N3O/c1-4-11(3)16(5-2)14-12(10-18)17-9-7-6-8-13(17)15-14/h6-9,11,18H,4-5,10H2,1-3H3. The number of pyridine rings is 1. The van der Waals surface area contributed by atoms with E-state index in [0.717, 1.165) is 30.1 Å². The van der Waals surface area contributed by atoms with Crippen LogP contribution >= 0.6 is 0 Å². The van der Waals surface area contributed by atoms with Gasteiger partial charge in [0.15, 0.2) is 5.82 Å². The number of imidazole rings is 1. The molecule has 1 N–H and O–H groups in total. The maximum absolute atomic E-state index is 9.62. The third-order valence-corrected chi connectivity index (χ3v) is 3.49. The summed E-state index contributed by atoms with van der Waals surface area (Å²) in [6.07, 6.45) is 3.01. The zero-order valence-electron chi connectivity index (χ0n) is 11.3. The van der Waals surface area contributed by atoms with Gasteiger partial charge >= 0.3 is 0 Å².